The summed E-state index contributed by atoms with van der Waals surface area (Å²) >= 11 is 3.05. The summed E-state index contributed by atoms with van der Waals surface area (Å²) in [7, 11) is 1.46. The monoisotopic (exact) mass is 342 g/mol. The summed E-state index contributed by atoms with van der Waals surface area (Å²) in [5.74, 6) is -2.65. The van der Waals surface area contributed by atoms with Crippen molar-refractivity contribution in [2.75, 3.05) is 7.05 Å². The van der Waals surface area contributed by atoms with E-state index in [4.69, 9.17) is 4.74 Å². The Morgan fingerprint density at radius 1 is 1.35 bits per heavy atom. The number of hydrogen-bond donors (Lipinski definition) is 1. The molecule has 0 fully saturated rings. The van der Waals surface area contributed by atoms with Crippen LogP contribution in [0, 0.1) is 11.6 Å². The van der Waals surface area contributed by atoms with Crippen LogP contribution in [0.15, 0.2) is 34.9 Å². The topological polar surface area (TPSA) is 51.2 Å². The fourth-order valence-corrected chi connectivity index (χ4v) is 1.87. The Balaban J connectivity index is 2.33. The van der Waals surface area contributed by atoms with Crippen molar-refractivity contribution >= 4 is 21.8 Å². The lowest BCUT2D eigenvalue weighted by molar-refractivity contribution is 0.0958. The molecule has 0 radical (unpaired) electrons. The van der Waals surface area contributed by atoms with Gasteiger partial charge in [-0.3, -0.25) is 9.78 Å². The largest absolute Gasteiger partial charge is 0.454 e. The minimum atomic E-state index is -1.11. The number of hydrogen-bond acceptors (Lipinski definition) is 3. The van der Waals surface area contributed by atoms with Crippen molar-refractivity contribution in [1.82, 2.24) is 10.3 Å². The predicted molar refractivity (Wildman–Crippen MR) is 71.8 cm³/mol. The molecule has 1 aromatic heterocycles. The molecule has 0 saturated carbocycles. The van der Waals surface area contributed by atoms with Crippen LogP contribution in [0.2, 0.25) is 0 Å². The Hall–Kier alpha value is -2.02. The Morgan fingerprint density at radius 3 is 2.80 bits per heavy atom. The zero-order chi connectivity index (χ0) is 14.7. The molecule has 0 bridgehead atoms. The van der Waals surface area contributed by atoms with Crippen LogP contribution < -0.4 is 10.1 Å². The number of pyridine rings is 1. The fourth-order valence-electron chi connectivity index (χ4n) is 1.46. The number of nitrogens with zero attached hydrogens (tertiary/aromatic N) is 1. The van der Waals surface area contributed by atoms with Gasteiger partial charge in [0.25, 0.3) is 5.91 Å². The van der Waals surface area contributed by atoms with E-state index >= 15 is 0 Å². The first-order valence-corrected chi connectivity index (χ1v) is 6.31. The molecule has 0 saturated heterocycles. The highest BCUT2D eigenvalue weighted by Crippen LogP contribution is 2.29. The molecule has 104 valence electrons. The SMILES string of the molecule is CNC(=O)c1cc(Oc2cc(Br)cc(F)c2F)ccn1. The molecule has 1 N–H and O–H groups in total. The Morgan fingerprint density at radius 2 is 2.10 bits per heavy atom. The number of aromatic nitrogens is 1. The molecule has 0 atom stereocenters. The first kappa shape index (κ1) is 14.4. The van der Waals surface area contributed by atoms with Crippen LogP contribution in [0.25, 0.3) is 0 Å². The minimum absolute atomic E-state index is 0.112. The molecule has 4 nitrogen and oxygen atoms in total. The Labute approximate surface area is 121 Å². The van der Waals surface area contributed by atoms with Crippen molar-refractivity contribution < 1.29 is 18.3 Å². The lowest BCUT2D eigenvalue weighted by Gasteiger charge is -2.08. The molecule has 0 spiro atoms. The van der Waals surface area contributed by atoms with Gasteiger partial charge in [0.05, 0.1) is 0 Å². The van der Waals surface area contributed by atoms with E-state index in [0.717, 1.165) is 6.07 Å². The third kappa shape index (κ3) is 3.11. The molecular weight excluding hydrogens is 334 g/mol. The van der Waals surface area contributed by atoms with Crippen molar-refractivity contribution in [3.8, 4) is 11.5 Å². The van der Waals surface area contributed by atoms with Crippen molar-refractivity contribution in [3.63, 3.8) is 0 Å². The van der Waals surface area contributed by atoms with E-state index in [1.807, 2.05) is 0 Å². The summed E-state index contributed by atoms with van der Waals surface area (Å²) in [5.41, 5.74) is 0.112. The van der Waals surface area contributed by atoms with Crippen LogP contribution in [0.4, 0.5) is 8.78 Å². The quantitative estimate of drug-likeness (QED) is 0.871. The molecule has 0 unspecified atom stereocenters. The smallest absolute Gasteiger partial charge is 0.269 e. The van der Waals surface area contributed by atoms with Crippen LogP contribution in [-0.2, 0) is 0 Å². The van der Waals surface area contributed by atoms with Gasteiger partial charge in [0.2, 0.25) is 5.82 Å². The summed E-state index contributed by atoms with van der Waals surface area (Å²) in [4.78, 5) is 15.3. The highest BCUT2D eigenvalue weighted by Gasteiger charge is 2.13. The number of nitrogens with one attached hydrogen (secondary N) is 1. The van der Waals surface area contributed by atoms with E-state index in [1.54, 1.807) is 0 Å². The number of rotatable bonds is 3. The van der Waals surface area contributed by atoms with Gasteiger partial charge in [-0.15, -0.1) is 0 Å². The third-order valence-corrected chi connectivity index (χ3v) is 2.84. The lowest BCUT2D eigenvalue weighted by atomic mass is 10.3. The van der Waals surface area contributed by atoms with Gasteiger partial charge in [-0.1, -0.05) is 15.9 Å². The Bertz CT molecular complexity index is 665. The number of benzene rings is 1. The molecule has 20 heavy (non-hydrogen) atoms. The van der Waals surface area contributed by atoms with Crippen molar-refractivity contribution in [2.45, 2.75) is 0 Å². The second-order valence-corrected chi connectivity index (χ2v) is 4.67. The highest BCUT2D eigenvalue weighted by atomic mass is 79.9. The van der Waals surface area contributed by atoms with E-state index in [9.17, 15) is 13.6 Å². The second-order valence-electron chi connectivity index (χ2n) is 3.76. The Kier molecular flexibility index (Phi) is 4.29. The summed E-state index contributed by atoms with van der Waals surface area (Å²) < 4.78 is 32.4. The van der Waals surface area contributed by atoms with E-state index in [2.05, 4.69) is 26.2 Å². The van der Waals surface area contributed by atoms with Crippen LogP contribution in [0.5, 0.6) is 11.5 Å². The maximum atomic E-state index is 13.6. The van der Waals surface area contributed by atoms with Crippen molar-refractivity contribution in [1.29, 1.82) is 0 Å². The zero-order valence-corrected chi connectivity index (χ0v) is 11.9. The number of ether oxygens (including phenoxy) is 1. The van der Waals surface area contributed by atoms with Gasteiger partial charge in [-0.25, -0.2) is 4.39 Å². The van der Waals surface area contributed by atoms with Gasteiger partial charge in [0.1, 0.15) is 11.4 Å². The normalized spacial score (nSPS) is 10.2. The lowest BCUT2D eigenvalue weighted by Crippen LogP contribution is -2.18. The highest BCUT2D eigenvalue weighted by molar-refractivity contribution is 9.10. The van der Waals surface area contributed by atoms with Gasteiger partial charge in [-0.2, -0.15) is 4.39 Å². The van der Waals surface area contributed by atoms with E-state index < -0.39 is 17.5 Å². The molecular formula is C13H9BrF2N2O2. The first-order chi connectivity index (χ1) is 9.51. The molecule has 0 aliphatic carbocycles. The maximum Gasteiger partial charge on any atom is 0.269 e. The van der Waals surface area contributed by atoms with E-state index in [1.165, 1.54) is 31.4 Å². The van der Waals surface area contributed by atoms with E-state index in [0.29, 0.717) is 4.47 Å². The number of halogens is 3. The van der Waals surface area contributed by atoms with Crippen LogP contribution in [0.1, 0.15) is 10.5 Å². The van der Waals surface area contributed by atoms with Crippen LogP contribution in [0.3, 0.4) is 0 Å². The molecule has 7 heteroatoms. The molecule has 2 aromatic rings. The second kappa shape index (κ2) is 5.96. The maximum absolute atomic E-state index is 13.6. The molecule has 2 rings (SSSR count). The average Bonchev–Trinajstić information content (AvgIpc) is 2.43. The summed E-state index contributed by atoms with van der Waals surface area (Å²) in [5, 5.41) is 2.40. The standard InChI is InChI=1S/C13H9BrF2N2O2/c1-17-13(19)10-6-8(2-3-18-10)20-11-5-7(14)4-9(15)12(11)16/h2-6H,1H3,(H,17,19). The number of carbonyl (C=O) groups is 1. The van der Waals surface area contributed by atoms with E-state index in [-0.39, 0.29) is 17.2 Å². The molecule has 1 amide bonds. The van der Waals surface area contributed by atoms with Gasteiger partial charge in [0.15, 0.2) is 11.6 Å². The fraction of sp³-hybridized carbons (Fsp3) is 0.0769. The average molecular weight is 343 g/mol. The predicted octanol–water partition coefficient (Wildman–Crippen LogP) is 3.27. The van der Waals surface area contributed by atoms with Crippen LogP contribution in [-0.4, -0.2) is 17.9 Å². The van der Waals surface area contributed by atoms with Gasteiger partial charge >= 0.3 is 0 Å². The number of amides is 1. The summed E-state index contributed by atoms with van der Waals surface area (Å²) in [6, 6.07) is 5.05. The molecule has 0 aliphatic rings. The zero-order valence-electron chi connectivity index (χ0n) is 10.3. The molecule has 0 aliphatic heterocycles. The van der Waals surface area contributed by atoms with Crippen LogP contribution >= 0.6 is 15.9 Å². The van der Waals surface area contributed by atoms with Crippen molar-refractivity contribution in [3.05, 3.63) is 52.3 Å². The van der Waals surface area contributed by atoms with Gasteiger partial charge in [0, 0.05) is 23.8 Å². The first-order valence-electron chi connectivity index (χ1n) is 5.52. The molecule has 1 heterocycles. The van der Waals surface area contributed by atoms with Crippen molar-refractivity contribution in [2.24, 2.45) is 0 Å². The summed E-state index contributed by atoms with van der Waals surface area (Å²) in [6.07, 6.45) is 1.34. The number of carbonyl (C=O) groups excluding carboxylic acids is 1. The minimum Gasteiger partial charge on any atom is -0.454 e. The van der Waals surface area contributed by atoms with Gasteiger partial charge in [-0.05, 0) is 18.2 Å². The molecule has 1 aromatic carbocycles. The van der Waals surface area contributed by atoms with Gasteiger partial charge < -0.3 is 10.1 Å². The summed E-state index contributed by atoms with van der Waals surface area (Å²) in [6.45, 7) is 0. The third-order valence-electron chi connectivity index (χ3n) is 2.38.